The number of rotatable bonds is 10. The Balaban J connectivity index is 1.70. The van der Waals surface area contributed by atoms with E-state index in [9.17, 15) is 8.42 Å². The first kappa shape index (κ1) is 22.7. The fourth-order valence-electron chi connectivity index (χ4n) is 2.59. The zero-order chi connectivity index (χ0) is 21.1. The van der Waals surface area contributed by atoms with Gasteiger partial charge in [0.15, 0.2) is 5.96 Å². The van der Waals surface area contributed by atoms with Crippen LogP contribution in [0.1, 0.15) is 18.1 Å². The number of guanidine groups is 1. The van der Waals surface area contributed by atoms with Crippen molar-refractivity contribution in [3.63, 3.8) is 0 Å². The number of nitrogens with zero attached hydrogens (tertiary/aromatic N) is 1. The van der Waals surface area contributed by atoms with Crippen molar-refractivity contribution < 1.29 is 13.2 Å². The third-order valence-corrected chi connectivity index (χ3v) is 5.44. The highest BCUT2D eigenvalue weighted by atomic mass is 32.2. The lowest BCUT2D eigenvalue weighted by atomic mass is 10.2. The lowest BCUT2D eigenvalue weighted by Gasteiger charge is -2.18. The Kier molecular flexibility index (Phi) is 8.95. The normalized spacial score (nSPS) is 13.0. The highest BCUT2D eigenvalue weighted by Crippen LogP contribution is 2.13. The lowest BCUT2D eigenvalue weighted by Crippen LogP contribution is -2.44. The van der Waals surface area contributed by atoms with Crippen LogP contribution >= 0.6 is 0 Å². The van der Waals surface area contributed by atoms with Crippen LogP contribution in [-0.4, -0.2) is 46.4 Å². The second-order valence-electron chi connectivity index (χ2n) is 6.75. The van der Waals surface area contributed by atoms with E-state index >= 15 is 0 Å². The summed E-state index contributed by atoms with van der Waals surface area (Å²) in [5.74, 6) is 1.30. The van der Waals surface area contributed by atoms with Crippen LogP contribution in [0.2, 0.25) is 0 Å². The largest absolute Gasteiger partial charge is 0.489 e. The van der Waals surface area contributed by atoms with E-state index in [1.807, 2.05) is 68.4 Å². The number of hydrogen-bond donors (Lipinski definition) is 3. The number of sulfonamides is 1. The van der Waals surface area contributed by atoms with Gasteiger partial charge in [-0.2, -0.15) is 0 Å². The van der Waals surface area contributed by atoms with Gasteiger partial charge in [-0.3, -0.25) is 4.99 Å². The molecule has 0 spiro atoms. The van der Waals surface area contributed by atoms with E-state index in [2.05, 4.69) is 20.3 Å². The SMILES string of the molecule is CN=C(NCCS(=O)(=O)NCc1ccccc1)NCC(C)Oc1cccc(C)c1. The molecule has 0 saturated heterocycles. The van der Waals surface area contributed by atoms with Gasteiger partial charge in [0.2, 0.25) is 10.0 Å². The molecule has 158 valence electrons. The second kappa shape index (κ2) is 11.4. The molecule has 2 rings (SSSR count). The topological polar surface area (TPSA) is 91.8 Å². The summed E-state index contributed by atoms with van der Waals surface area (Å²) in [5.41, 5.74) is 2.06. The summed E-state index contributed by atoms with van der Waals surface area (Å²) in [7, 11) is -1.74. The first-order chi connectivity index (χ1) is 13.9. The molecule has 2 aromatic carbocycles. The van der Waals surface area contributed by atoms with Gasteiger partial charge in [0.25, 0.3) is 0 Å². The van der Waals surface area contributed by atoms with Gasteiger partial charge in [-0.25, -0.2) is 13.1 Å². The minimum absolute atomic E-state index is 0.0458. The van der Waals surface area contributed by atoms with Crippen molar-refractivity contribution in [1.82, 2.24) is 15.4 Å². The monoisotopic (exact) mass is 418 g/mol. The summed E-state index contributed by atoms with van der Waals surface area (Å²) in [6.45, 7) is 5.04. The lowest BCUT2D eigenvalue weighted by molar-refractivity contribution is 0.223. The zero-order valence-electron chi connectivity index (χ0n) is 17.2. The van der Waals surface area contributed by atoms with Crippen molar-refractivity contribution >= 4 is 16.0 Å². The van der Waals surface area contributed by atoms with Crippen molar-refractivity contribution in [2.24, 2.45) is 4.99 Å². The highest BCUT2D eigenvalue weighted by Gasteiger charge is 2.11. The molecule has 1 atom stereocenters. The Morgan fingerprint density at radius 1 is 1.10 bits per heavy atom. The quantitative estimate of drug-likeness (QED) is 0.406. The van der Waals surface area contributed by atoms with E-state index in [0.29, 0.717) is 12.5 Å². The van der Waals surface area contributed by atoms with Crippen molar-refractivity contribution in [2.75, 3.05) is 25.9 Å². The molecule has 7 nitrogen and oxygen atoms in total. The third-order valence-electron chi connectivity index (χ3n) is 4.11. The molecule has 0 amide bonds. The molecule has 0 aromatic heterocycles. The molecule has 0 aliphatic carbocycles. The Bertz CT molecular complexity index is 886. The Hall–Kier alpha value is -2.58. The zero-order valence-corrected chi connectivity index (χ0v) is 18.0. The molecule has 0 fully saturated rings. The van der Waals surface area contributed by atoms with Crippen LogP contribution in [0.4, 0.5) is 0 Å². The van der Waals surface area contributed by atoms with Crippen molar-refractivity contribution in [2.45, 2.75) is 26.5 Å². The Labute approximate surface area is 173 Å². The molecule has 8 heteroatoms. The van der Waals surface area contributed by atoms with Gasteiger partial charge in [-0.05, 0) is 37.1 Å². The van der Waals surface area contributed by atoms with Crippen LogP contribution in [0.3, 0.4) is 0 Å². The molecule has 2 aromatic rings. The molecular formula is C21H30N4O3S. The number of aryl methyl sites for hydroxylation is 1. The van der Waals surface area contributed by atoms with Crippen LogP contribution in [-0.2, 0) is 16.6 Å². The average Bonchev–Trinajstić information content (AvgIpc) is 2.70. The van der Waals surface area contributed by atoms with Crippen LogP contribution < -0.4 is 20.1 Å². The first-order valence-corrected chi connectivity index (χ1v) is 11.2. The maximum Gasteiger partial charge on any atom is 0.213 e. The minimum Gasteiger partial charge on any atom is -0.489 e. The molecule has 0 aliphatic heterocycles. The number of nitrogens with one attached hydrogen (secondary N) is 3. The van der Waals surface area contributed by atoms with Crippen LogP contribution in [0, 0.1) is 6.92 Å². The maximum atomic E-state index is 12.1. The van der Waals surface area contributed by atoms with Gasteiger partial charge in [-0.1, -0.05) is 42.5 Å². The number of benzene rings is 2. The van der Waals surface area contributed by atoms with E-state index in [0.717, 1.165) is 16.9 Å². The van der Waals surface area contributed by atoms with Crippen LogP contribution in [0.5, 0.6) is 5.75 Å². The van der Waals surface area contributed by atoms with Crippen molar-refractivity contribution in [3.05, 3.63) is 65.7 Å². The highest BCUT2D eigenvalue weighted by molar-refractivity contribution is 7.89. The van der Waals surface area contributed by atoms with E-state index in [-0.39, 0.29) is 24.9 Å². The Morgan fingerprint density at radius 2 is 1.86 bits per heavy atom. The molecular weight excluding hydrogens is 388 g/mol. The summed E-state index contributed by atoms with van der Waals surface area (Å²) in [6.07, 6.45) is -0.0772. The molecule has 3 N–H and O–H groups in total. The van der Waals surface area contributed by atoms with Crippen molar-refractivity contribution in [1.29, 1.82) is 0 Å². The molecule has 0 heterocycles. The number of ether oxygens (including phenoxy) is 1. The average molecular weight is 419 g/mol. The summed E-state index contributed by atoms with van der Waals surface area (Å²) in [6, 6.07) is 17.3. The van der Waals surface area contributed by atoms with Gasteiger partial charge in [0.05, 0.1) is 12.3 Å². The van der Waals surface area contributed by atoms with Gasteiger partial charge in [0, 0.05) is 20.1 Å². The molecule has 0 saturated carbocycles. The third kappa shape index (κ3) is 8.97. The number of hydrogen-bond acceptors (Lipinski definition) is 4. The van der Waals surface area contributed by atoms with E-state index in [1.165, 1.54) is 0 Å². The fourth-order valence-corrected chi connectivity index (χ4v) is 3.49. The molecule has 29 heavy (non-hydrogen) atoms. The standard InChI is InChI=1S/C21H30N4O3S/c1-17-8-7-11-20(14-17)28-18(2)15-24-21(22-3)23-12-13-29(26,27)25-16-19-9-5-4-6-10-19/h4-11,14,18,25H,12-13,15-16H2,1-3H3,(H2,22,23,24). The van der Waals surface area contributed by atoms with Gasteiger partial charge < -0.3 is 15.4 Å². The van der Waals surface area contributed by atoms with E-state index in [4.69, 9.17) is 4.74 Å². The molecule has 0 radical (unpaired) electrons. The van der Waals surface area contributed by atoms with E-state index < -0.39 is 10.0 Å². The predicted molar refractivity (Wildman–Crippen MR) is 118 cm³/mol. The first-order valence-electron chi connectivity index (χ1n) is 9.57. The minimum atomic E-state index is -3.38. The van der Waals surface area contributed by atoms with Gasteiger partial charge in [-0.15, -0.1) is 0 Å². The fraction of sp³-hybridized carbons (Fsp3) is 0.381. The summed E-state index contributed by atoms with van der Waals surface area (Å²) < 4.78 is 32.8. The van der Waals surface area contributed by atoms with Crippen LogP contribution in [0.25, 0.3) is 0 Å². The van der Waals surface area contributed by atoms with Crippen molar-refractivity contribution in [3.8, 4) is 5.75 Å². The Morgan fingerprint density at radius 3 is 2.55 bits per heavy atom. The van der Waals surface area contributed by atoms with Gasteiger partial charge in [0.1, 0.15) is 11.9 Å². The van der Waals surface area contributed by atoms with Crippen LogP contribution in [0.15, 0.2) is 59.6 Å². The summed E-state index contributed by atoms with van der Waals surface area (Å²) in [5, 5.41) is 6.16. The smallest absolute Gasteiger partial charge is 0.213 e. The molecule has 1 unspecified atom stereocenters. The van der Waals surface area contributed by atoms with Gasteiger partial charge >= 0.3 is 0 Å². The summed E-state index contributed by atoms with van der Waals surface area (Å²) >= 11 is 0. The second-order valence-corrected chi connectivity index (χ2v) is 8.68. The maximum absolute atomic E-state index is 12.1. The predicted octanol–water partition coefficient (Wildman–Crippen LogP) is 2.05. The summed E-state index contributed by atoms with van der Waals surface area (Å²) in [4.78, 5) is 4.12. The number of aliphatic imine (C=N–C) groups is 1. The molecule has 0 aliphatic rings. The van der Waals surface area contributed by atoms with E-state index in [1.54, 1.807) is 7.05 Å². The molecule has 0 bridgehead atoms.